The zero-order chi connectivity index (χ0) is 19.7. The predicted molar refractivity (Wildman–Crippen MR) is 102 cm³/mol. The maximum absolute atomic E-state index is 12.9. The molecule has 1 aliphatic rings. The smallest absolute Gasteiger partial charge is 0.255 e. The van der Waals surface area contributed by atoms with Crippen molar-refractivity contribution in [2.45, 2.75) is 38.2 Å². The fourth-order valence-corrected chi connectivity index (χ4v) is 4.68. The Bertz CT molecular complexity index is 794. The van der Waals surface area contributed by atoms with E-state index in [9.17, 15) is 13.2 Å². The molecule has 26 heavy (non-hydrogen) atoms. The van der Waals surface area contributed by atoms with Gasteiger partial charge in [-0.15, -0.1) is 0 Å². The molecule has 9 heteroatoms. The summed E-state index contributed by atoms with van der Waals surface area (Å²) < 4.78 is 33.2. The number of ether oxygens (including phenoxy) is 1. The molecule has 0 saturated carbocycles. The Kier molecular flexibility index (Phi) is 6.62. The van der Waals surface area contributed by atoms with Crippen LogP contribution in [0, 0.1) is 5.92 Å². The lowest BCUT2D eigenvalue weighted by Gasteiger charge is -2.38. The van der Waals surface area contributed by atoms with Crippen LogP contribution in [0.3, 0.4) is 0 Å². The summed E-state index contributed by atoms with van der Waals surface area (Å²) in [5, 5.41) is 0.0946. The molecule has 1 amide bonds. The van der Waals surface area contributed by atoms with Crippen LogP contribution < -0.4 is 4.72 Å². The molecule has 146 valence electrons. The number of nitrogens with zero attached hydrogens (tertiary/aromatic N) is 1. The van der Waals surface area contributed by atoms with Gasteiger partial charge in [-0.05, 0) is 31.9 Å². The fourth-order valence-electron chi connectivity index (χ4n) is 2.61. The fraction of sp³-hybridized carbons (Fsp3) is 0.588. The van der Waals surface area contributed by atoms with Gasteiger partial charge in [0.1, 0.15) is 4.90 Å². The first-order valence-electron chi connectivity index (χ1n) is 8.35. The molecule has 0 atom stereocenters. The molecule has 1 heterocycles. The number of nitrogens with one attached hydrogen (secondary N) is 1. The standard InChI is InChI=1S/C17H24Cl2N2O4S/c1-11(2)9-20-26(23,24)15-7-12(13(18)8-14(15)19)16(22)21-5-6-25-17(3,4)10-21/h7-8,11,20H,5-6,9-10H2,1-4H3. The molecule has 0 radical (unpaired) electrons. The van der Waals surface area contributed by atoms with Gasteiger partial charge in [-0.1, -0.05) is 37.0 Å². The van der Waals surface area contributed by atoms with E-state index in [0.29, 0.717) is 19.7 Å². The second kappa shape index (κ2) is 8.02. The SMILES string of the molecule is CC(C)CNS(=O)(=O)c1cc(C(=O)N2CCOC(C)(C)C2)c(Cl)cc1Cl. The van der Waals surface area contributed by atoms with Crippen molar-refractivity contribution in [3.8, 4) is 0 Å². The highest BCUT2D eigenvalue weighted by molar-refractivity contribution is 7.89. The summed E-state index contributed by atoms with van der Waals surface area (Å²) in [6.45, 7) is 9.03. The average Bonchev–Trinajstić information content (AvgIpc) is 2.51. The van der Waals surface area contributed by atoms with E-state index in [1.54, 1.807) is 4.90 Å². The molecular formula is C17H24Cl2N2O4S. The van der Waals surface area contributed by atoms with Crippen LogP contribution in [0.5, 0.6) is 0 Å². The molecule has 1 aliphatic heterocycles. The molecule has 1 saturated heterocycles. The van der Waals surface area contributed by atoms with E-state index in [1.165, 1.54) is 12.1 Å². The maximum Gasteiger partial charge on any atom is 0.255 e. The summed E-state index contributed by atoms with van der Waals surface area (Å²) in [6, 6.07) is 2.55. The third-order valence-corrected chi connectivity index (χ3v) is 6.14. The van der Waals surface area contributed by atoms with E-state index in [2.05, 4.69) is 4.72 Å². The molecule has 1 aromatic carbocycles. The zero-order valence-corrected chi connectivity index (χ0v) is 17.6. The topological polar surface area (TPSA) is 75.7 Å². The van der Waals surface area contributed by atoms with Gasteiger partial charge >= 0.3 is 0 Å². The van der Waals surface area contributed by atoms with Crippen molar-refractivity contribution in [3.05, 3.63) is 27.7 Å². The number of carbonyl (C=O) groups excluding carboxylic acids is 1. The van der Waals surface area contributed by atoms with Crippen molar-refractivity contribution >= 4 is 39.1 Å². The number of carbonyl (C=O) groups is 1. The van der Waals surface area contributed by atoms with E-state index in [0.717, 1.165) is 0 Å². The minimum Gasteiger partial charge on any atom is -0.372 e. The van der Waals surface area contributed by atoms with Gasteiger partial charge in [0.05, 0.1) is 27.8 Å². The third kappa shape index (κ3) is 5.10. The lowest BCUT2D eigenvalue weighted by atomic mass is 10.1. The molecule has 1 fully saturated rings. The Morgan fingerprint density at radius 3 is 2.54 bits per heavy atom. The van der Waals surface area contributed by atoms with Crippen molar-refractivity contribution in [1.82, 2.24) is 9.62 Å². The van der Waals surface area contributed by atoms with Gasteiger partial charge in [0.25, 0.3) is 5.91 Å². The predicted octanol–water partition coefficient (Wildman–Crippen LogP) is 3.18. The van der Waals surface area contributed by atoms with E-state index in [4.69, 9.17) is 27.9 Å². The quantitative estimate of drug-likeness (QED) is 0.790. The maximum atomic E-state index is 12.9. The van der Waals surface area contributed by atoms with Gasteiger partial charge in [-0.25, -0.2) is 13.1 Å². The molecule has 1 aromatic rings. The second-order valence-corrected chi connectivity index (χ2v) is 9.89. The summed E-state index contributed by atoms with van der Waals surface area (Å²) in [5.74, 6) is -0.212. The number of morpholine rings is 1. The van der Waals surface area contributed by atoms with Crippen molar-refractivity contribution in [1.29, 1.82) is 0 Å². The number of amides is 1. The highest BCUT2D eigenvalue weighted by Crippen LogP contribution is 2.30. The van der Waals surface area contributed by atoms with Gasteiger partial charge < -0.3 is 9.64 Å². The van der Waals surface area contributed by atoms with Crippen molar-refractivity contribution < 1.29 is 17.9 Å². The Labute approximate surface area is 164 Å². The Morgan fingerprint density at radius 1 is 1.31 bits per heavy atom. The van der Waals surface area contributed by atoms with Crippen LogP contribution in [0.2, 0.25) is 10.0 Å². The number of halogens is 2. The van der Waals surface area contributed by atoms with E-state index < -0.39 is 15.6 Å². The summed E-state index contributed by atoms with van der Waals surface area (Å²) in [6.07, 6.45) is 0. The van der Waals surface area contributed by atoms with Gasteiger partial charge in [0.15, 0.2) is 0 Å². The van der Waals surface area contributed by atoms with E-state index >= 15 is 0 Å². The molecule has 2 rings (SSSR count). The first-order valence-corrected chi connectivity index (χ1v) is 10.6. The second-order valence-electron chi connectivity index (χ2n) is 7.34. The third-order valence-electron chi connectivity index (χ3n) is 3.94. The molecule has 0 bridgehead atoms. The number of hydrogen-bond donors (Lipinski definition) is 1. The molecule has 0 aromatic heterocycles. The minimum absolute atomic E-state index is 0.0230. The number of sulfonamides is 1. The van der Waals surface area contributed by atoms with Gasteiger partial charge in [-0.3, -0.25) is 4.79 Å². The first kappa shape index (κ1) is 21.4. The number of hydrogen-bond acceptors (Lipinski definition) is 4. The van der Waals surface area contributed by atoms with Crippen LogP contribution in [0.25, 0.3) is 0 Å². The average molecular weight is 423 g/mol. The minimum atomic E-state index is -3.85. The van der Waals surface area contributed by atoms with Crippen LogP contribution in [0.1, 0.15) is 38.1 Å². The zero-order valence-electron chi connectivity index (χ0n) is 15.3. The Morgan fingerprint density at radius 2 is 1.96 bits per heavy atom. The van der Waals surface area contributed by atoms with Gasteiger partial charge in [0.2, 0.25) is 10.0 Å². The van der Waals surface area contributed by atoms with E-state index in [-0.39, 0.29) is 38.9 Å². The summed E-state index contributed by atoms with van der Waals surface area (Å²) in [4.78, 5) is 14.3. The highest BCUT2D eigenvalue weighted by atomic mass is 35.5. The monoisotopic (exact) mass is 422 g/mol. The first-order chi connectivity index (χ1) is 11.9. The molecule has 0 aliphatic carbocycles. The summed E-state index contributed by atoms with van der Waals surface area (Å²) >= 11 is 12.3. The lowest BCUT2D eigenvalue weighted by Crippen LogP contribution is -2.50. The molecule has 0 unspecified atom stereocenters. The Balaban J connectivity index is 2.37. The molecule has 6 nitrogen and oxygen atoms in total. The van der Waals surface area contributed by atoms with Gasteiger partial charge in [-0.2, -0.15) is 0 Å². The number of rotatable bonds is 5. The number of benzene rings is 1. The van der Waals surface area contributed by atoms with Crippen molar-refractivity contribution in [3.63, 3.8) is 0 Å². The summed E-state index contributed by atoms with van der Waals surface area (Å²) in [5.41, 5.74) is -0.362. The van der Waals surface area contributed by atoms with Crippen molar-refractivity contribution in [2.75, 3.05) is 26.2 Å². The molecular weight excluding hydrogens is 399 g/mol. The van der Waals surface area contributed by atoms with E-state index in [1.807, 2.05) is 27.7 Å². The van der Waals surface area contributed by atoms with Crippen LogP contribution in [-0.2, 0) is 14.8 Å². The Hall–Kier alpha value is -0.860. The van der Waals surface area contributed by atoms with Crippen LogP contribution in [0.4, 0.5) is 0 Å². The lowest BCUT2D eigenvalue weighted by molar-refractivity contribution is -0.0764. The summed E-state index contributed by atoms with van der Waals surface area (Å²) in [7, 11) is -3.85. The molecule has 1 N–H and O–H groups in total. The van der Waals surface area contributed by atoms with Gasteiger partial charge in [0, 0.05) is 19.6 Å². The highest BCUT2D eigenvalue weighted by Gasteiger charge is 2.32. The van der Waals surface area contributed by atoms with Crippen LogP contribution in [-0.4, -0.2) is 51.1 Å². The van der Waals surface area contributed by atoms with Crippen LogP contribution >= 0.6 is 23.2 Å². The normalized spacial score (nSPS) is 17.6. The van der Waals surface area contributed by atoms with Crippen molar-refractivity contribution in [2.24, 2.45) is 5.92 Å². The largest absolute Gasteiger partial charge is 0.372 e. The molecule has 0 spiro atoms. The van der Waals surface area contributed by atoms with Crippen LogP contribution in [0.15, 0.2) is 17.0 Å².